The Morgan fingerprint density at radius 3 is 2.65 bits per heavy atom. The Balaban J connectivity index is 1.88. The minimum Gasteiger partial charge on any atom is -0.497 e. The van der Waals surface area contributed by atoms with Gasteiger partial charge in [-0.25, -0.2) is 0 Å². The van der Waals surface area contributed by atoms with Gasteiger partial charge in [0.2, 0.25) is 0 Å². The van der Waals surface area contributed by atoms with E-state index < -0.39 is 0 Å². The fraction of sp³-hybridized carbons (Fsp3) is 0.625. The summed E-state index contributed by atoms with van der Waals surface area (Å²) in [5.74, 6) is 1.45. The Morgan fingerprint density at radius 1 is 1.25 bits per heavy atom. The largest absolute Gasteiger partial charge is 0.497 e. The third-order valence-electron chi connectivity index (χ3n) is 4.10. The minimum absolute atomic E-state index is 0.519. The minimum atomic E-state index is 0.519. The molecule has 4 heteroatoms. The van der Waals surface area contributed by atoms with Gasteiger partial charge in [-0.1, -0.05) is 12.1 Å². The molecule has 1 aromatic rings. The van der Waals surface area contributed by atoms with Crippen LogP contribution in [-0.4, -0.2) is 63.2 Å². The van der Waals surface area contributed by atoms with Crippen LogP contribution in [-0.2, 0) is 6.42 Å². The number of benzene rings is 1. The lowest BCUT2D eigenvalue weighted by atomic mass is 9.98. The molecule has 112 valence electrons. The highest BCUT2D eigenvalue weighted by molar-refractivity contribution is 5.28. The quantitative estimate of drug-likeness (QED) is 0.844. The van der Waals surface area contributed by atoms with Gasteiger partial charge in [0.25, 0.3) is 0 Å². The van der Waals surface area contributed by atoms with Crippen molar-refractivity contribution in [1.29, 1.82) is 0 Å². The Bertz CT molecular complexity index is 402. The summed E-state index contributed by atoms with van der Waals surface area (Å²) in [5.41, 5.74) is 7.28. The lowest BCUT2D eigenvalue weighted by molar-refractivity contribution is 0.137. The fourth-order valence-electron chi connectivity index (χ4n) is 2.75. The maximum Gasteiger partial charge on any atom is 0.119 e. The van der Waals surface area contributed by atoms with Crippen molar-refractivity contribution in [2.45, 2.75) is 6.42 Å². The third kappa shape index (κ3) is 4.47. The monoisotopic (exact) mass is 277 g/mol. The van der Waals surface area contributed by atoms with Crippen LogP contribution >= 0.6 is 0 Å². The SMILES string of the molecule is COc1cccc(CC(CN)CN2CCN(C)CC2)c1. The molecule has 0 bridgehead atoms. The van der Waals surface area contributed by atoms with E-state index in [1.54, 1.807) is 7.11 Å². The van der Waals surface area contributed by atoms with E-state index in [4.69, 9.17) is 10.5 Å². The second-order valence-electron chi connectivity index (χ2n) is 5.76. The van der Waals surface area contributed by atoms with Gasteiger partial charge in [0, 0.05) is 32.7 Å². The van der Waals surface area contributed by atoms with Gasteiger partial charge in [-0.15, -0.1) is 0 Å². The van der Waals surface area contributed by atoms with Gasteiger partial charge >= 0.3 is 0 Å². The summed E-state index contributed by atoms with van der Waals surface area (Å²) < 4.78 is 5.28. The van der Waals surface area contributed by atoms with E-state index in [0.717, 1.165) is 51.4 Å². The molecule has 1 aromatic carbocycles. The summed E-state index contributed by atoms with van der Waals surface area (Å²) >= 11 is 0. The summed E-state index contributed by atoms with van der Waals surface area (Å²) in [7, 11) is 3.90. The molecule has 1 fully saturated rings. The first kappa shape index (κ1) is 15.3. The summed E-state index contributed by atoms with van der Waals surface area (Å²) in [6.45, 7) is 6.48. The van der Waals surface area contributed by atoms with Gasteiger partial charge < -0.3 is 20.3 Å². The average molecular weight is 277 g/mol. The number of nitrogens with two attached hydrogens (primary N) is 1. The van der Waals surface area contributed by atoms with Crippen LogP contribution in [0.2, 0.25) is 0 Å². The van der Waals surface area contributed by atoms with Crippen molar-refractivity contribution in [2.24, 2.45) is 11.7 Å². The van der Waals surface area contributed by atoms with Crippen LogP contribution in [0, 0.1) is 5.92 Å². The molecular formula is C16H27N3O. The Kier molecular flexibility index (Phi) is 5.83. The first-order valence-corrected chi connectivity index (χ1v) is 7.45. The molecule has 0 saturated carbocycles. The topological polar surface area (TPSA) is 41.7 Å². The number of methoxy groups -OCH3 is 1. The number of hydrogen-bond donors (Lipinski definition) is 1. The third-order valence-corrected chi connectivity index (χ3v) is 4.10. The summed E-state index contributed by atoms with van der Waals surface area (Å²) in [4.78, 5) is 4.92. The van der Waals surface area contributed by atoms with E-state index in [9.17, 15) is 0 Å². The number of rotatable bonds is 6. The number of nitrogens with zero attached hydrogens (tertiary/aromatic N) is 2. The van der Waals surface area contributed by atoms with Crippen molar-refractivity contribution in [2.75, 3.05) is 53.4 Å². The van der Waals surface area contributed by atoms with Crippen LogP contribution in [0.3, 0.4) is 0 Å². The van der Waals surface area contributed by atoms with Crippen LogP contribution in [0.4, 0.5) is 0 Å². The normalized spacial score (nSPS) is 18.9. The van der Waals surface area contributed by atoms with Crippen LogP contribution in [0.25, 0.3) is 0 Å². The van der Waals surface area contributed by atoms with Crippen LogP contribution in [0.5, 0.6) is 5.75 Å². The molecule has 4 nitrogen and oxygen atoms in total. The number of hydrogen-bond acceptors (Lipinski definition) is 4. The van der Waals surface area contributed by atoms with Gasteiger partial charge in [0.05, 0.1) is 7.11 Å². The van der Waals surface area contributed by atoms with E-state index in [1.807, 2.05) is 6.07 Å². The molecule has 1 aliphatic rings. The van der Waals surface area contributed by atoms with E-state index in [-0.39, 0.29) is 0 Å². The molecule has 0 aromatic heterocycles. The first-order valence-electron chi connectivity index (χ1n) is 7.45. The van der Waals surface area contributed by atoms with Gasteiger partial charge in [0.15, 0.2) is 0 Å². The molecule has 1 aliphatic heterocycles. The molecule has 2 N–H and O–H groups in total. The first-order chi connectivity index (χ1) is 9.71. The summed E-state index contributed by atoms with van der Waals surface area (Å²) in [6, 6.07) is 8.32. The molecule has 1 heterocycles. The molecule has 1 unspecified atom stereocenters. The molecule has 0 radical (unpaired) electrons. The van der Waals surface area contributed by atoms with Gasteiger partial charge in [-0.2, -0.15) is 0 Å². The highest BCUT2D eigenvalue weighted by atomic mass is 16.5. The lowest BCUT2D eigenvalue weighted by Gasteiger charge is -2.34. The van der Waals surface area contributed by atoms with Crippen molar-refractivity contribution in [3.63, 3.8) is 0 Å². The van der Waals surface area contributed by atoms with Crippen molar-refractivity contribution in [3.8, 4) is 5.75 Å². The maximum atomic E-state index is 5.97. The smallest absolute Gasteiger partial charge is 0.119 e. The Hall–Kier alpha value is -1.10. The second kappa shape index (κ2) is 7.62. The van der Waals surface area contributed by atoms with Crippen LogP contribution in [0.15, 0.2) is 24.3 Å². The van der Waals surface area contributed by atoms with E-state index in [0.29, 0.717) is 5.92 Å². The zero-order chi connectivity index (χ0) is 14.4. The van der Waals surface area contributed by atoms with E-state index in [1.165, 1.54) is 5.56 Å². The summed E-state index contributed by atoms with van der Waals surface area (Å²) in [5, 5.41) is 0. The number of likely N-dealkylation sites (N-methyl/N-ethyl adjacent to an activating group) is 1. The van der Waals surface area contributed by atoms with Gasteiger partial charge in [0.1, 0.15) is 5.75 Å². The van der Waals surface area contributed by atoms with Crippen molar-refractivity contribution in [3.05, 3.63) is 29.8 Å². The highest BCUT2D eigenvalue weighted by Crippen LogP contribution is 2.16. The van der Waals surface area contributed by atoms with Gasteiger partial charge in [-0.05, 0) is 43.6 Å². The zero-order valence-electron chi connectivity index (χ0n) is 12.7. The van der Waals surface area contributed by atoms with E-state index in [2.05, 4.69) is 35.0 Å². The standard InChI is InChI=1S/C16H27N3O/c1-18-6-8-19(9-7-18)13-15(12-17)10-14-4-3-5-16(11-14)20-2/h3-5,11,15H,6-10,12-13,17H2,1-2H3. The van der Waals surface area contributed by atoms with Crippen molar-refractivity contribution >= 4 is 0 Å². The Morgan fingerprint density at radius 2 is 2.00 bits per heavy atom. The summed E-state index contributed by atoms with van der Waals surface area (Å²) in [6.07, 6.45) is 1.03. The zero-order valence-corrected chi connectivity index (χ0v) is 12.7. The molecule has 0 spiro atoms. The molecule has 2 rings (SSSR count). The average Bonchev–Trinajstić information content (AvgIpc) is 2.49. The second-order valence-corrected chi connectivity index (χ2v) is 5.76. The molecule has 0 aliphatic carbocycles. The molecule has 1 atom stereocenters. The van der Waals surface area contributed by atoms with Crippen LogP contribution < -0.4 is 10.5 Å². The molecule has 20 heavy (non-hydrogen) atoms. The van der Waals surface area contributed by atoms with Gasteiger partial charge in [-0.3, -0.25) is 0 Å². The lowest BCUT2D eigenvalue weighted by Crippen LogP contribution is -2.47. The number of piperazine rings is 1. The van der Waals surface area contributed by atoms with Crippen molar-refractivity contribution < 1.29 is 4.74 Å². The predicted octanol–water partition coefficient (Wildman–Crippen LogP) is 1.06. The van der Waals surface area contributed by atoms with Crippen molar-refractivity contribution in [1.82, 2.24) is 9.80 Å². The molecular weight excluding hydrogens is 250 g/mol. The van der Waals surface area contributed by atoms with E-state index >= 15 is 0 Å². The highest BCUT2D eigenvalue weighted by Gasteiger charge is 2.18. The molecule has 0 amide bonds. The predicted molar refractivity (Wildman–Crippen MR) is 83.2 cm³/mol. The fourth-order valence-corrected chi connectivity index (χ4v) is 2.75. The maximum absolute atomic E-state index is 5.97. The van der Waals surface area contributed by atoms with Crippen LogP contribution in [0.1, 0.15) is 5.56 Å². The molecule has 1 saturated heterocycles. The Labute approximate surface area is 122 Å². The number of ether oxygens (including phenoxy) is 1.